The van der Waals surface area contributed by atoms with E-state index in [0.717, 1.165) is 26.6 Å². The summed E-state index contributed by atoms with van der Waals surface area (Å²) >= 11 is 6.89. The predicted molar refractivity (Wildman–Crippen MR) is 83.7 cm³/mol. The molecule has 0 aromatic heterocycles. The molecule has 2 aromatic carbocycles. The van der Waals surface area contributed by atoms with Gasteiger partial charge in [-0.15, -0.1) is 0 Å². The first-order valence-corrected chi connectivity index (χ1v) is 7.86. The van der Waals surface area contributed by atoms with E-state index < -0.39 is 0 Å². The summed E-state index contributed by atoms with van der Waals surface area (Å²) < 4.78 is 1.02. The van der Waals surface area contributed by atoms with Gasteiger partial charge in [0.25, 0.3) is 5.91 Å². The minimum Gasteiger partial charge on any atom is -0.304 e. The van der Waals surface area contributed by atoms with Crippen molar-refractivity contribution in [2.45, 2.75) is 11.9 Å². The van der Waals surface area contributed by atoms with Gasteiger partial charge in [-0.05, 0) is 41.5 Å². The summed E-state index contributed by atoms with van der Waals surface area (Å²) in [5.41, 5.74) is 4.07. The number of hydrogen-bond donors (Lipinski definition) is 0. The van der Waals surface area contributed by atoms with Crippen molar-refractivity contribution >= 4 is 43.5 Å². The van der Waals surface area contributed by atoms with Crippen LogP contribution in [0.25, 0.3) is 0 Å². The van der Waals surface area contributed by atoms with Crippen LogP contribution in [-0.4, -0.2) is 5.91 Å². The Morgan fingerprint density at radius 3 is 2.53 bits per heavy atom. The van der Waals surface area contributed by atoms with Crippen molar-refractivity contribution in [1.29, 1.82) is 0 Å². The van der Waals surface area contributed by atoms with E-state index in [1.54, 1.807) is 0 Å². The number of fused-ring (bicyclic) bond motifs is 1. The molecule has 0 saturated heterocycles. The molecular weight excluding hydrogens is 370 g/mol. The number of anilines is 1. The van der Waals surface area contributed by atoms with E-state index >= 15 is 0 Å². The molecule has 1 heterocycles. The van der Waals surface area contributed by atoms with Gasteiger partial charge in [-0.25, -0.2) is 0 Å². The third-order valence-corrected chi connectivity index (χ3v) is 4.48. The minimum absolute atomic E-state index is 0.0834. The molecule has 0 N–H and O–H groups in total. The molecule has 0 spiro atoms. The Bertz CT molecular complexity index is 637. The van der Waals surface area contributed by atoms with E-state index in [0.29, 0.717) is 6.54 Å². The Kier molecular flexibility index (Phi) is 3.46. The van der Waals surface area contributed by atoms with Crippen LogP contribution in [0.4, 0.5) is 5.69 Å². The summed E-state index contributed by atoms with van der Waals surface area (Å²) in [7, 11) is 0. The zero-order valence-corrected chi connectivity index (χ0v) is 13.2. The molecule has 0 unspecified atom stereocenters. The number of alkyl halides is 1. The van der Waals surface area contributed by atoms with Gasteiger partial charge in [0.05, 0.1) is 6.54 Å². The second kappa shape index (κ2) is 5.10. The molecule has 19 heavy (non-hydrogen) atoms. The number of nitrogens with zero attached hydrogens (tertiary/aromatic N) is 1. The quantitative estimate of drug-likeness (QED) is 0.702. The van der Waals surface area contributed by atoms with Crippen molar-refractivity contribution in [2.75, 3.05) is 4.90 Å². The fraction of sp³-hybridized carbons (Fsp3) is 0.133. The zero-order valence-electron chi connectivity index (χ0n) is 10.1. The summed E-state index contributed by atoms with van der Waals surface area (Å²) in [6.07, 6.45) is 0. The summed E-state index contributed by atoms with van der Waals surface area (Å²) in [4.78, 5) is 14.3. The third kappa shape index (κ3) is 2.23. The fourth-order valence-electron chi connectivity index (χ4n) is 2.35. The van der Waals surface area contributed by atoms with Crippen molar-refractivity contribution < 1.29 is 4.79 Å². The van der Waals surface area contributed by atoms with E-state index in [4.69, 9.17) is 0 Å². The number of carbonyl (C=O) groups is 1. The Hall–Kier alpha value is -1.13. The molecule has 1 aliphatic rings. The van der Waals surface area contributed by atoms with Crippen LogP contribution >= 0.6 is 31.9 Å². The first-order valence-electron chi connectivity index (χ1n) is 5.95. The highest BCUT2D eigenvalue weighted by Gasteiger charge is 2.29. The van der Waals surface area contributed by atoms with Crippen molar-refractivity contribution in [3.05, 3.63) is 63.6 Å². The number of amides is 1. The first-order chi connectivity index (χ1) is 9.20. The molecule has 1 aliphatic heterocycles. The lowest BCUT2D eigenvalue weighted by molar-refractivity contribution is 0.0996. The summed E-state index contributed by atoms with van der Waals surface area (Å²) in [5, 5.41) is 0.775. The van der Waals surface area contributed by atoms with Crippen molar-refractivity contribution in [1.82, 2.24) is 0 Å². The van der Waals surface area contributed by atoms with Crippen LogP contribution in [0.15, 0.2) is 46.9 Å². The predicted octanol–water partition coefficient (Wildman–Crippen LogP) is 4.50. The highest BCUT2D eigenvalue weighted by molar-refractivity contribution is 9.10. The van der Waals surface area contributed by atoms with Gasteiger partial charge in [-0.1, -0.05) is 44.0 Å². The zero-order chi connectivity index (χ0) is 13.4. The molecular formula is C15H11Br2NO. The van der Waals surface area contributed by atoms with Gasteiger partial charge in [0.2, 0.25) is 0 Å². The van der Waals surface area contributed by atoms with Crippen LogP contribution in [0.3, 0.4) is 0 Å². The van der Waals surface area contributed by atoms with E-state index in [1.165, 1.54) is 5.56 Å². The molecule has 2 aromatic rings. The monoisotopic (exact) mass is 379 g/mol. The average molecular weight is 381 g/mol. The Morgan fingerprint density at radius 2 is 1.84 bits per heavy atom. The highest BCUT2D eigenvalue weighted by atomic mass is 79.9. The largest absolute Gasteiger partial charge is 0.304 e. The maximum absolute atomic E-state index is 12.4. The Balaban J connectivity index is 2.01. The lowest BCUT2D eigenvalue weighted by Crippen LogP contribution is -2.22. The molecule has 1 amide bonds. The topological polar surface area (TPSA) is 20.3 Å². The van der Waals surface area contributed by atoms with Crippen LogP contribution < -0.4 is 4.90 Å². The van der Waals surface area contributed by atoms with Crippen molar-refractivity contribution in [2.24, 2.45) is 0 Å². The van der Waals surface area contributed by atoms with Gasteiger partial charge >= 0.3 is 0 Å². The highest BCUT2D eigenvalue weighted by Crippen LogP contribution is 2.31. The van der Waals surface area contributed by atoms with E-state index in [2.05, 4.69) is 37.9 Å². The SMILES string of the molecule is O=C1c2cccc(CBr)c2CN1c1ccc(Br)cc1. The molecule has 0 fully saturated rings. The maximum Gasteiger partial charge on any atom is 0.258 e. The van der Waals surface area contributed by atoms with Gasteiger partial charge in [0.1, 0.15) is 0 Å². The standard InChI is InChI=1S/C15H11Br2NO/c16-8-10-2-1-3-13-14(10)9-18(15(13)19)12-6-4-11(17)5-7-12/h1-7H,8-9H2. The van der Waals surface area contributed by atoms with E-state index in [9.17, 15) is 4.79 Å². The van der Waals surface area contributed by atoms with Crippen LogP contribution in [0.5, 0.6) is 0 Å². The molecule has 0 radical (unpaired) electrons. The van der Waals surface area contributed by atoms with E-state index in [-0.39, 0.29) is 5.91 Å². The van der Waals surface area contributed by atoms with Gasteiger partial charge in [0.15, 0.2) is 0 Å². The van der Waals surface area contributed by atoms with Gasteiger partial charge in [0, 0.05) is 21.1 Å². The Morgan fingerprint density at radius 1 is 1.11 bits per heavy atom. The Labute approximate surface area is 128 Å². The first kappa shape index (κ1) is 12.9. The van der Waals surface area contributed by atoms with E-state index in [1.807, 2.05) is 41.3 Å². The third-order valence-electron chi connectivity index (χ3n) is 3.35. The van der Waals surface area contributed by atoms with Gasteiger partial charge in [-0.2, -0.15) is 0 Å². The molecule has 3 rings (SSSR count). The fourth-order valence-corrected chi connectivity index (χ4v) is 3.14. The van der Waals surface area contributed by atoms with Crippen molar-refractivity contribution in [3.8, 4) is 0 Å². The smallest absolute Gasteiger partial charge is 0.258 e. The van der Waals surface area contributed by atoms with Crippen LogP contribution in [-0.2, 0) is 11.9 Å². The molecule has 0 aliphatic carbocycles. The summed E-state index contributed by atoms with van der Waals surface area (Å²) in [6.45, 7) is 0.650. The van der Waals surface area contributed by atoms with Crippen molar-refractivity contribution in [3.63, 3.8) is 0 Å². The number of carbonyl (C=O) groups excluding carboxylic acids is 1. The van der Waals surface area contributed by atoms with Crippen LogP contribution in [0, 0.1) is 0 Å². The number of halogens is 2. The lowest BCUT2D eigenvalue weighted by atomic mass is 10.1. The molecule has 2 nitrogen and oxygen atoms in total. The summed E-state index contributed by atoms with van der Waals surface area (Å²) in [5.74, 6) is 0.0834. The normalized spacial score (nSPS) is 13.8. The average Bonchev–Trinajstić information content (AvgIpc) is 2.77. The number of benzene rings is 2. The van der Waals surface area contributed by atoms with Crippen LogP contribution in [0.2, 0.25) is 0 Å². The second-order valence-corrected chi connectivity index (χ2v) is 5.92. The maximum atomic E-state index is 12.4. The number of rotatable bonds is 2. The molecule has 96 valence electrons. The van der Waals surface area contributed by atoms with Crippen LogP contribution in [0.1, 0.15) is 21.5 Å². The second-order valence-electron chi connectivity index (χ2n) is 4.44. The molecule has 0 saturated carbocycles. The minimum atomic E-state index is 0.0834. The van der Waals surface area contributed by atoms with Gasteiger partial charge in [-0.3, -0.25) is 4.79 Å². The van der Waals surface area contributed by atoms with Gasteiger partial charge < -0.3 is 4.90 Å². The molecule has 0 bridgehead atoms. The number of hydrogen-bond acceptors (Lipinski definition) is 1. The summed E-state index contributed by atoms with van der Waals surface area (Å²) in [6, 6.07) is 13.7. The molecule has 0 atom stereocenters. The lowest BCUT2D eigenvalue weighted by Gasteiger charge is -2.15. The molecule has 4 heteroatoms.